The molecular weight excluding hydrogens is 450 g/mol. The average Bonchev–Trinajstić information content (AvgIpc) is 2.91. The lowest BCUT2D eigenvalue weighted by Gasteiger charge is -2.31. The van der Waals surface area contributed by atoms with Crippen LogP contribution in [0.1, 0.15) is 17.0 Å². The maximum absolute atomic E-state index is 12.5. The number of halogens is 2. The number of benzene rings is 1. The van der Waals surface area contributed by atoms with Crippen LogP contribution in [0.25, 0.3) is 11.8 Å². The standard InChI is InChI=1S/C19H17BrClN3O2S/c1-10-7-12(8-14-17(25)22(3)19(27)23(4)18(14)26)11(2)24(10)13-5-6-15(20)16(21)9-13/h5-9H,1-4H3. The molecule has 1 aromatic carbocycles. The fourth-order valence-electron chi connectivity index (χ4n) is 3.09. The Morgan fingerprint density at radius 2 is 1.67 bits per heavy atom. The Hall–Kier alpha value is -1.96. The summed E-state index contributed by atoms with van der Waals surface area (Å²) >= 11 is 14.7. The van der Waals surface area contributed by atoms with Crippen molar-refractivity contribution >= 4 is 62.8 Å². The van der Waals surface area contributed by atoms with E-state index in [1.165, 1.54) is 9.80 Å². The SMILES string of the molecule is Cc1cc(C=C2C(=O)N(C)C(=S)N(C)C2=O)c(C)n1-c1ccc(Br)c(Cl)c1. The summed E-state index contributed by atoms with van der Waals surface area (Å²) in [6.07, 6.45) is 1.62. The van der Waals surface area contributed by atoms with Crippen molar-refractivity contribution in [3.63, 3.8) is 0 Å². The molecular formula is C19H17BrClN3O2S. The smallest absolute Gasteiger partial charge is 0.265 e. The normalized spacial score (nSPS) is 15.0. The van der Waals surface area contributed by atoms with Crippen molar-refractivity contribution in [1.29, 1.82) is 0 Å². The highest BCUT2D eigenvalue weighted by atomic mass is 79.9. The Kier molecular flexibility index (Phi) is 5.29. The molecule has 2 aromatic rings. The number of likely N-dealkylation sites (N-methyl/N-ethyl adjacent to an activating group) is 2. The second kappa shape index (κ2) is 7.22. The number of nitrogens with zero attached hydrogens (tertiary/aromatic N) is 3. The van der Waals surface area contributed by atoms with Crippen LogP contribution >= 0.6 is 39.7 Å². The van der Waals surface area contributed by atoms with Crippen molar-refractivity contribution in [1.82, 2.24) is 14.4 Å². The second-order valence-electron chi connectivity index (χ2n) is 6.33. The van der Waals surface area contributed by atoms with Crippen LogP contribution in [-0.2, 0) is 9.59 Å². The Morgan fingerprint density at radius 1 is 1.07 bits per heavy atom. The predicted molar refractivity (Wildman–Crippen MR) is 114 cm³/mol. The van der Waals surface area contributed by atoms with Gasteiger partial charge in [-0.15, -0.1) is 0 Å². The maximum Gasteiger partial charge on any atom is 0.265 e. The molecule has 0 N–H and O–H groups in total. The summed E-state index contributed by atoms with van der Waals surface area (Å²) in [5.41, 5.74) is 3.64. The average molecular weight is 467 g/mol. The number of carbonyl (C=O) groups is 2. The molecule has 1 aliphatic heterocycles. The van der Waals surface area contributed by atoms with Gasteiger partial charge in [-0.1, -0.05) is 11.6 Å². The number of aromatic nitrogens is 1. The van der Waals surface area contributed by atoms with E-state index in [4.69, 9.17) is 23.8 Å². The molecule has 0 spiro atoms. The van der Waals surface area contributed by atoms with Crippen LogP contribution in [0.3, 0.4) is 0 Å². The quantitative estimate of drug-likeness (QED) is 0.380. The third kappa shape index (κ3) is 3.35. The number of hydrogen-bond donors (Lipinski definition) is 0. The molecule has 140 valence electrons. The number of thiocarbonyl (C=S) groups is 1. The number of rotatable bonds is 2. The molecule has 27 heavy (non-hydrogen) atoms. The predicted octanol–water partition coefficient (Wildman–Crippen LogP) is 4.11. The molecule has 0 unspecified atom stereocenters. The van der Waals surface area contributed by atoms with E-state index < -0.39 is 11.8 Å². The zero-order chi connectivity index (χ0) is 20.0. The van der Waals surface area contributed by atoms with E-state index >= 15 is 0 Å². The molecule has 0 atom stereocenters. The largest absolute Gasteiger partial charge is 0.318 e. The topological polar surface area (TPSA) is 45.6 Å². The first-order valence-electron chi connectivity index (χ1n) is 8.09. The third-order valence-electron chi connectivity index (χ3n) is 4.58. The molecule has 3 rings (SSSR count). The summed E-state index contributed by atoms with van der Waals surface area (Å²) in [6, 6.07) is 7.63. The minimum atomic E-state index is -0.403. The van der Waals surface area contributed by atoms with Crippen LogP contribution in [0, 0.1) is 13.8 Å². The zero-order valence-corrected chi connectivity index (χ0v) is 18.4. The summed E-state index contributed by atoms with van der Waals surface area (Å²) < 4.78 is 2.85. The van der Waals surface area contributed by atoms with Crippen molar-refractivity contribution in [2.24, 2.45) is 0 Å². The van der Waals surface area contributed by atoms with Gasteiger partial charge in [0.25, 0.3) is 11.8 Å². The monoisotopic (exact) mass is 465 g/mol. The van der Waals surface area contributed by atoms with Crippen LogP contribution in [0.4, 0.5) is 0 Å². The van der Waals surface area contributed by atoms with Gasteiger partial charge in [-0.2, -0.15) is 0 Å². The first-order valence-corrected chi connectivity index (χ1v) is 9.67. The lowest BCUT2D eigenvalue weighted by molar-refractivity contribution is -0.132. The molecule has 1 saturated heterocycles. The van der Waals surface area contributed by atoms with Gasteiger partial charge < -0.3 is 4.57 Å². The molecule has 1 aromatic heterocycles. The molecule has 5 nitrogen and oxygen atoms in total. The lowest BCUT2D eigenvalue weighted by Crippen LogP contribution is -2.52. The first kappa shape index (κ1) is 19.8. The summed E-state index contributed by atoms with van der Waals surface area (Å²) in [7, 11) is 3.13. The highest BCUT2D eigenvalue weighted by molar-refractivity contribution is 9.10. The molecule has 0 bridgehead atoms. The van der Waals surface area contributed by atoms with Crippen LogP contribution in [0.15, 0.2) is 34.3 Å². The lowest BCUT2D eigenvalue weighted by atomic mass is 10.1. The maximum atomic E-state index is 12.5. The third-order valence-corrected chi connectivity index (χ3v) is 6.36. The van der Waals surface area contributed by atoms with Crippen molar-refractivity contribution in [2.45, 2.75) is 13.8 Å². The van der Waals surface area contributed by atoms with E-state index in [-0.39, 0.29) is 10.7 Å². The zero-order valence-electron chi connectivity index (χ0n) is 15.2. The van der Waals surface area contributed by atoms with E-state index in [0.717, 1.165) is 27.1 Å². The summed E-state index contributed by atoms with van der Waals surface area (Å²) in [6.45, 7) is 3.90. The van der Waals surface area contributed by atoms with Gasteiger partial charge in [-0.3, -0.25) is 19.4 Å². The van der Waals surface area contributed by atoms with E-state index in [1.54, 1.807) is 20.2 Å². The van der Waals surface area contributed by atoms with Gasteiger partial charge in [0.2, 0.25) is 0 Å². The van der Waals surface area contributed by atoms with E-state index in [2.05, 4.69) is 15.9 Å². The molecule has 1 aliphatic rings. The molecule has 1 fully saturated rings. The van der Waals surface area contributed by atoms with Crippen molar-refractivity contribution in [3.05, 3.63) is 56.3 Å². The Labute approximate surface area is 176 Å². The highest BCUT2D eigenvalue weighted by Crippen LogP contribution is 2.29. The first-order chi connectivity index (χ1) is 12.6. The van der Waals surface area contributed by atoms with Gasteiger partial charge in [0, 0.05) is 35.6 Å². The van der Waals surface area contributed by atoms with Crippen LogP contribution in [0.2, 0.25) is 5.02 Å². The number of aryl methyl sites for hydroxylation is 1. The fourth-order valence-corrected chi connectivity index (χ4v) is 3.67. The van der Waals surface area contributed by atoms with Gasteiger partial charge in [-0.05, 0) is 77.9 Å². The Balaban J connectivity index is 2.10. The number of carbonyl (C=O) groups excluding carboxylic acids is 2. The van der Waals surface area contributed by atoms with Crippen LogP contribution in [0.5, 0.6) is 0 Å². The van der Waals surface area contributed by atoms with E-state index in [9.17, 15) is 9.59 Å². The van der Waals surface area contributed by atoms with Gasteiger partial charge in [0.1, 0.15) is 5.57 Å². The Morgan fingerprint density at radius 3 is 2.22 bits per heavy atom. The molecule has 2 amide bonds. The summed E-state index contributed by atoms with van der Waals surface area (Å²) in [5, 5.41) is 0.798. The van der Waals surface area contributed by atoms with E-state index in [1.807, 2.05) is 42.7 Å². The molecule has 8 heteroatoms. The van der Waals surface area contributed by atoms with Gasteiger partial charge in [0.05, 0.1) is 5.02 Å². The number of hydrogen-bond acceptors (Lipinski definition) is 3. The van der Waals surface area contributed by atoms with Gasteiger partial charge in [0.15, 0.2) is 5.11 Å². The van der Waals surface area contributed by atoms with E-state index in [0.29, 0.717) is 5.02 Å². The molecule has 0 aliphatic carbocycles. The molecule has 0 saturated carbocycles. The van der Waals surface area contributed by atoms with Crippen LogP contribution in [-0.4, -0.2) is 45.4 Å². The minimum absolute atomic E-state index is 0.0858. The summed E-state index contributed by atoms with van der Waals surface area (Å²) in [4.78, 5) is 27.7. The minimum Gasteiger partial charge on any atom is -0.318 e. The van der Waals surface area contributed by atoms with Crippen molar-refractivity contribution in [2.75, 3.05) is 14.1 Å². The van der Waals surface area contributed by atoms with Crippen LogP contribution < -0.4 is 0 Å². The fraction of sp³-hybridized carbons (Fsp3) is 0.211. The molecule has 2 heterocycles. The van der Waals surface area contributed by atoms with Gasteiger partial charge >= 0.3 is 0 Å². The highest BCUT2D eigenvalue weighted by Gasteiger charge is 2.35. The van der Waals surface area contributed by atoms with Crippen molar-refractivity contribution in [3.8, 4) is 5.69 Å². The Bertz CT molecular complexity index is 1000. The van der Waals surface area contributed by atoms with Gasteiger partial charge in [-0.25, -0.2) is 0 Å². The second-order valence-corrected chi connectivity index (χ2v) is 7.96. The summed E-state index contributed by atoms with van der Waals surface area (Å²) in [5.74, 6) is -0.806. The number of amides is 2. The molecule has 0 radical (unpaired) electrons. The van der Waals surface area contributed by atoms with Crippen molar-refractivity contribution < 1.29 is 9.59 Å².